The summed E-state index contributed by atoms with van der Waals surface area (Å²) in [6.45, 7) is 3.01. The van der Waals surface area contributed by atoms with Gasteiger partial charge in [-0.05, 0) is 12.3 Å². The van der Waals surface area contributed by atoms with E-state index in [4.69, 9.17) is 5.84 Å². The Morgan fingerprint density at radius 1 is 0.714 bits per heavy atom. The van der Waals surface area contributed by atoms with Crippen molar-refractivity contribution in [2.75, 3.05) is 6.54 Å². The zero-order valence-corrected chi connectivity index (χ0v) is 9.73. The normalized spacial score (nSPS) is 10.7. The molecule has 14 heavy (non-hydrogen) atoms. The van der Waals surface area contributed by atoms with E-state index in [2.05, 4.69) is 12.3 Å². The lowest BCUT2D eigenvalue weighted by Crippen LogP contribution is -2.10. The highest BCUT2D eigenvalue weighted by Crippen LogP contribution is 2.09. The van der Waals surface area contributed by atoms with Crippen LogP contribution in [-0.4, -0.2) is 6.54 Å². The largest absolute Gasteiger partial charge is 0.222 e. The van der Waals surface area contributed by atoms with Crippen LogP contribution in [0.4, 0.5) is 0 Å². The van der Waals surface area contributed by atoms with Crippen LogP contribution < -0.4 is 11.3 Å². The molecule has 0 heterocycles. The summed E-state index contributed by atoms with van der Waals surface area (Å²) in [6, 6.07) is 0. The van der Waals surface area contributed by atoms with Crippen LogP contribution in [0.1, 0.15) is 71.1 Å². The van der Waals surface area contributed by atoms with Gasteiger partial charge in [0, 0.05) is 6.54 Å². The minimum atomic E-state index is 0.747. The second-order valence-corrected chi connectivity index (χ2v) is 4.09. The van der Waals surface area contributed by atoms with Gasteiger partial charge in [0.2, 0.25) is 0 Å². The van der Waals surface area contributed by atoms with Crippen LogP contribution in [-0.2, 0) is 0 Å². The number of unbranched alkanes of at least 4 members (excludes halogenated alkanes) is 9. The van der Waals surface area contributed by atoms with E-state index in [0.29, 0.717) is 0 Å². The molecule has 0 aromatic heterocycles. The van der Waals surface area contributed by atoms with Gasteiger partial charge in [-0.1, -0.05) is 64.7 Å². The average Bonchev–Trinajstić information content (AvgIpc) is 2.21. The first-order valence-corrected chi connectivity index (χ1v) is 6.28. The smallest absolute Gasteiger partial charge is 0.0131 e. The molecule has 0 aromatic carbocycles. The van der Waals surface area contributed by atoms with Gasteiger partial charge in [0.15, 0.2) is 0 Å². The first kappa shape index (κ1) is 13.9. The topological polar surface area (TPSA) is 34.3 Å². The Kier molecular flexibility index (Phi) is 12.8. The molecular formula is C12H26N2. The van der Waals surface area contributed by atoms with E-state index >= 15 is 0 Å². The van der Waals surface area contributed by atoms with Gasteiger partial charge < -0.3 is 0 Å². The van der Waals surface area contributed by atoms with E-state index in [-0.39, 0.29) is 0 Å². The Bertz CT molecular complexity index is 82.3. The van der Waals surface area contributed by atoms with Gasteiger partial charge in [0.25, 0.3) is 0 Å². The van der Waals surface area contributed by atoms with Crippen LogP contribution in [0.2, 0.25) is 0 Å². The Morgan fingerprint density at radius 2 is 1.14 bits per heavy atom. The predicted octanol–water partition coefficient (Wildman–Crippen LogP) is 3.48. The Morgan fingerprint density at radius 3 is 1.57 bits per heavy atom. The fourth-order valence-electron chi connectivity index (χ4n) is 1.69. The average molecular weight is 198 g/mol. The summed E-state index contributed by atoms with van der Waals surface area (Å²) in [7, 11) is 0. The van der Waals surface area contributed by atoms with Crippen LogP contribution >= 0.6 is 0 Å². The molecule has 0 fully saturated rings. The molecule has 0 aliphatic heterocycles. The maximum absolute atomic E-state index is 8.34. The lowest BCUT2D eigenvalue weighted by molar-refractivity contribution is 0.545. The quantitative estimate of drug-likeness (QED) is 0.400. The first-order chi connectivity index (χ1) is 6.91. The van der Waals surface area contributed by atoms with E-state index in [1.54, 1.807) is 0 Å². The fraction of sp³-hybridized carbons (Fsp3) is 1.00. The van der Waals surface area contributed by atoms with Gasteiger partial charge in [0.05, 0.1) is 0 Å². The molecule has 0 unspecified atom stereocenters. The fourth-order valence-corrected chi connectivity index (χ4v) is 1.69. The summed E-state index contributed by atoms with van der Waals surface area (Å²) >= 11 is 0. The molecule has 0 spiro atoms. The molecule has 0 amide bonds. The number of hydrogen-bond donors (Lipinski definition) is 1. The Balaban J connectivity index is 2.78. The Labute approximate surface area is 89.6 Å². The molecule has 1 N–H and O–H groups in total. The summed E-state index contributed by atoms with van der Waals surface area (Å²) in [6.07, 6.45) is 13.5. The second-order valence-electron chi connectivity index (χ2n) is 4.09. The summed E-state index contributed by atoms with van der Waals surface area (Å²) in [5.41, 5.74) is 2.19. The van der Waals surface area contributed by atoms with Gasteiger partial charge in [-0.3, -0.25) is 0 Å². The van der Waals surface area contributed by atoms with Crippen molar-refractivity contribution < 1.29 is 0 Å². The maximum Gasteiger partial charge on any atom is 0.0131 e. The maximum atomic E-state index is 8.34. The third-order valence-corrected chi connectivity index (χ3v) is 2.64. The molecule has 2 radical (unpaired) electrons. The van der Waals surface area contributed by atoms with Crippen molar-refractivity contribution in [1.82, 2.24) is 11.3 Å². The molecule has 2 nitrogen and oxygen atoms in total. The third-order valence-electron chi connectivity index (χ3n) is 2.64. The van der Waals surface area contributed by atoms with Crippen molar-refractivity contribution in [3.63, 3.8) is 0 Å². The predicted molar refractivity (Wildman–Crippen MR) is 62.0 cm³/mol. The monoisotopic (exact) mass is 198 g/mol. The molecule has 0 atom stereocenters. The molecule has 84 valence electrons. The zero-order chi connectivity index (χ0) is 10.5. The van der Waals surface area contributed by atoms with Crippen molar-refractivity contribution in [3.8, 4) is 0 Å². The van der Waals surface area contributed by atoms with Gasteiger partial charge in [-0.25, -0.2) is 5.43 Å². The molecule has 0 aromatic rings. The van der Waals surface area contributed by atoms with Crippen LogP contribution in [0.25, 0.3) is 0 Å². The lowest BCUT2D eigenvalue weighted by Gasteiger charge is -2.01. The van der Waals surface area contributed by atoms with Crippen LogP contribution in [0.15, 0.2) is 0 Å². The summed E-state index contributed by atoms with van der Waals surface area (Å²) in [5.74, 6) is 8.34. The van der Waals surface area contributed by atoms with Crippen molar-refractivity contribution in [3.05, 3.63) is 0 Å². The summed E-state index contributed by atoms with van der Waals surface area (Å²) in [5, 5.41) is 0. The summed E-state index contributed by atoms with van der Waals surface area (Å²) in [4.78, 5) is 0. The standard InChI is InChI=1S/C12H26N2/c1-2-3-4-5-6-7-8-9-10-11-12-14-13/h14H,2-12H2,1H3. The van der Waals surface area contributed by atoms with Gasteiger partial charge in [0.1, 0.15) is 0 Å². The van der Waals surface area contributed by atoms with E-state index < -0.39 is 0 Å². The highest BCUT2D eigenvalue weighted by atomic mass is 15.2. The van der Waals surface area contributed by atoms with Crippen molar-refractivity contribution in [2.24, 2.45) is 0 Å². The van der Waals surface area contributed by atoms with E-state index in [9.17, 15) is 0 Å². The zero-order valence-electron chi connectivity index (χ0n) is 9.73. The number of nitrogens with one attached hydrogen (secondary N) is 1. The third kappa shape index (κ3) is 11.9. The molecule has 0 aliphatic carbocycles. The number of rotatable bonds is 11. The lowest BCUT2D eigenvalue weighted by atomic mass is 10.1. The van der Waals surface area contributed by atoms with Gasteiger partial charge in [-0.2, -0.15) is 0 Å². The van der Waals surface area contributed by atoms with Crippen LogP contribution in [0, 0.1) is 0 Å². The van der Waals surface area contributed by atoms with Crippen LogP contribution in [0.3, 0.4) is 0 Å². The molecule has 0 rings (SSSR count). The second kappa shape index (κ2) is 12.9. The van der Waals surface area contributed by atoms with Crippen LogP contribution in [0.5, 0.6) is 0 Å². The van der Waals surface area contributed by atoms with Crippen molar-refractivity contribution in [2.45, 2.75) is 71.1 Å². The number of hydrogen-bond acceptors (Lipinski definition) is 1. The summed E-state index contributed by atoms with van der Waals surface area (Å²) < 4.78 is 0. The highest BCUT2D eigenvalue weighted by molar-refractivity contribution is 4.47. The first-order valence-electron chi connectivity index (χ1n) is 6.28. The highest BCUT2D eigenvalue weighted by Gasteiger charge is 1.91. The van der Waals surface area contributed by atoms with E-state index in [1.807, 2.05) is 0 Å². The molecule has 0 aliphatic rings. The van der Waals surface area contributed by atoms with Gasteiger partial charge in [-0.15, -0.1) is 0 Å². The molecule has 0 saturated carbocycles. The molecular weight excluding hydrogens is 172 g/mol. The van der Waals surface area contributed by atoms with Gasteiger partial charge >= 0.3 is 0 Å². The van der Waals surface area contributed by atoms with E-state index in [0.717, 1.165) is 13.0 Å². The Hall–Kier alpha value is -0.0800. The van der Waals surface area contributed by atoms with E-state index in [1.165, 1.54) is 57.8 Å². The minimum Gasteiger partial charge on any atom is -0.222 e. The molecule has 0 saturated heterocycles. The van der Waals surface area contributed by atoms with Crippen molar-refractivity contribution >= 4 is 0 Å². The molecule has 2 heteroatoms. The number of nitrogens with zero attached hydrogens (tertiary/aromatic N) is 1. The van der Waals surface area contributed by atoms with Crippen molar-refractivity contribution in [1.29, 1.82) is 0 Å². The molecule has 0 bridgehead atoms. The SMILES string of the molecule is CCCCCCCCCCCCN[N]. The minimum absolute atomic E-state index is 0.747.